The quantitative estimate of drug-likeness (QED) is 0.380. The number of likely N-dealkylation sites (tertiary alicyclic amines) is 1. The minimum absolute atomic E-state index is 0.000343. The Hall–Kier alpha value is -3.87. The first-order valence-electron chi connectivity index (χ1n) is 10.9. The van der Waals surface area contributed by atoms with E-state index in [0.29, 0.717) is 36.4 Å². The molecule has 0 saturated carbocycles. The largest absolute Gasteiger partial charge is 0.489 e. The first kappa shape index (κ1) is 22.3. The van der Waals surface area contributed by atoms with Crippen molar-refractivity contribution in [2.24, 2.45) is 5.73 Å². The van der Waals surface area contributed by atoms with Gasteiger partial charge in [0.05, 0.1) is 12.5 Å². The number of nitrogens with zero attached hydrogens (tertiary/aromatic N) is 1. The lowest BCUT2D eigenvalue weighted by atomic mass is 9.91. The van der Waals surface area contributed by atoms with Gasteiger partial charge in [0.25, 0.3) is 0 Å². The van der Waals surface area contributed by atoms with E-state index >= 15 is 0 Å². The van der Waals surface area contributed by atoms with Crippen molar-refractivity contribution in [3.05, 3.63) is 77.4 Å². The van der Waals surface area contributed by atoms with Crippen LogP contribution < -0.4 is 10.5 Å². The van der Waals surface area contributed by atoms with Crippen LogP contribution in [0.4, 0.5) is 0 Å². The highest BCUT2D eigenvalue weighted by Crippen LogP contribution is 2.27. The SMILES string of the molecule is CC(=O)N1CCC(Oc2ccc(C(Cc3ccc4ccc(C(=N)N)cc4c3)C(=O)O)cc2)C1. The van der Waals surface area contributed by atoms with Gasteiger partial charge in [-0.05, 0) is 46.5 Å². The number of carboxylic acid groups (broad SMARTS) is 1. The molecule has 1 fully saturated rings. The summed E-state index contributed by atoms with van der Waals surface area (Å²) < 4.78 is 5.98. The van der Waals surface area contributed by atoms with Gasteiger partial charge in [0.2, 0.25) is 5.91 Å². The second-order valence-corrected chi connectivity index (χ2v) is 8.47. The highest BCUT2D eigenvalue weighted by molar-refractivity contribution is 5.99. The van der Waals surface area contributed by atoms with Gasteiger partial charge in [0.15, 0.2) is 0 Å². The molecule has 7 heteroatoms. The Kier molecular flexibility index (Phi) is 6.31. The van der Waals surface area contributed by atoms with Gasteiger partial charge < -0.3 is 20.5 Å². The van der Waals surface area contributed by atoms with Crippen molar-refractivity contribution in [3.63, 3.8) is 0 Å². The van der Waals surface area contributed by atoms with Crippen LogP contribution in [0, 0.1) is 5.41 Å². The molecule has 0 bridgehead atoms. The maximum atomic E-state index is 12.1. The third kappa shape index (κ3) is 5.14. The zero-order valence-corrected chi connectivity index (χ0v) is 18.5. The fourth-order valence-electron chi connectivity index (χ4n) is 4.26. The summed E-state index contributed by atoms with van der Waals surface area (Å²) in [4.78, 5) is 25.3. The minimum Gasteiger partial charge on any atom is -0.489 e. The van der Waals surface area contributed by atoms with Gasteiger partial charge >= 0.3 is 5.97 Å². The molecule has 0 aliphatic carbocycles. The molecule has 4 N–H and O–H groups in total. The number of ether oxygens (including phenoxy) is 1. The zero-order chi connectivity index (χ0) is 23.5. The lowest BCUT2D eigenvalue weighted by molar-refractivity contribution is -0.138. The average Bonchev–Trinajstić information content (AvgIpc) is 3.26. The third-order valence-electron chi connectivity index (χ3n) is 6.13. The Bertz CT molecular complexity index is 1210. The molecule has 1 amide bonds. The summed E-state index contributed by atoms with van der Waals surface area (Å²) in [5.41, 5.74) is 7.83. The van der Waals surface area contributed by atoms with E-state index in [1.807, 2.05) is 30.3 Å². The van der Waals surface area contributed by atoms with E-state index < -0.39 is 11.9 Å². The molecular formula is C26H27N3O4. The first-order chi connectivity index (χ1) is 15.8. The molecule has 4 rings (SSSR count). The van der Waals surface area contributed by atoms with E-state index in [9.17, 15) is 14.7 Å². The van der Waals surface area contributed by atoms with Crippen LogP contribution >= 0.6 is 0 Å². The van der Waals surface area contributed by atoms with Crippen molar-refractivity contribution in [1.29, 1.82) is 5.41 Å². The Balaban J connectivity index is 1.49. The number of hydrogen-bond acceptors (Lipinski definition) is 4. The molecular weight excluding hydrogens is 418 g/mol. The summed E-state index contributed by atoms with van der Waals surface area (Å²) in [5, 5.41) is 19.4. The Morgan fingerprint density at radius 1 is 1.12 bits per heavy atom. The standard InChI is InChI=1S/C26H27N3O4/c1-16(30)29-11-10-23(15-29)33-22-8-6-19(7-9-22)24(26(31)32)13-17-2-3-18-4-5-20(25(27)28)14-21(18)12-17/h2-9,12,14,23-24H,10-11,13,15H2,1H3,(H3,27,28)(H,31,32). The zero-order valence-electron chi connectivity index (χ0n) is 18.5. The fraction of sp³-hybridized carbons (Fsp3) is 0.269. The summed E-state index contributed by atoms with van der Waals surface area (Å²) in [5.74, 6) is -0.881. The number of nitrogens with one attached hydrogen (secondary N) is 1. The van der Waals surface area contributed by atoms with Crippen molar-refractivity contribution in [3.8, 4) is 5.75 Å². The molecule has 33 heavy (non-hydrogen) atoms. The molecule has 0 aromatic heterocycles. The maximum Gasteiger partial charge on any atom is 0.311 e. The van der Waals surface area contributed by atoms with Crippen LogP contribution in [0.5, 0.6) is 5.75 Å². The van der Waals surface area contributed by atoms with Crippen molar-refractivity contribution in [1.82, 2.24) is 4.90 Å². The van der Waals surface area contributed by atoms with Crippen LogP contribution in [0.15, 0.2) is 60.7 Å². The second kappa shape index (κ2) is 9.32. The molecule has 0 spiro atoms. The summed E-state index contributed by atoms with van der Waals surface area (Å²) in [6.07, 6.45) is 1.07. The minimum atomic E-state index is -0.894. The Morgan fingerprint density at radius 2 is 1.85 bits per heavy atom. The normalized spacial score (nSPS) is 16.5. The number of hydrogen-bond donors (Lipinski definition) is 3. The van der Waals surface area contributed by atoms with Gasteiger partial charge in [-0.1, -0.05) is 42.5 Å². The highest BCUT2D eigenvalue weighted by Gasteiger charge is 2.26. The second-order valence-electron chi connectivity index (χ2n) is 8.47. The summed E-state index contributed by atoms with van der Waals surface area (Å²) in [7, 11) is 0. The molecule has 3 aromatic rings. The summed E-state index contributed by atoms with van der Waals surface area (Å²) in [6.45, 7) is 2.82. The number of rotatable bonds is 7. The van der Waals surface area contributed by atoms with E-state index in [4.69, 9.17) is 15.9 Å². The van der Waals surface area contributed by atoms with E-state index in [0.717, 1.165) is 22.8 Å². The van der Waals surface area contributed by atoms with Crippen molar-refractivity contribution in [2.45, 2.75) is 31.8 Å². The van der Waals surface area contributed by atoms with Crippen molar-refractivity contribution >= 4 is 28.5 Å². The Labute approximate surface area is 192 Å². The number of amidine groups is 1. The lowest BCUT2D eigenvalue weighted by Gasteiger charge is -2.17. The molecule has 3 aromatic carbocycles. The number of fused-ring (bicyclic) bond motifs is 1. The predicted octanol–water partition coefficient (Wildman–Crippen LogP) is 3.53. The Morgan fingerprint density at radius 3 is 2.48 bits per heavy atom. The van der Waals surface area contributed by atoms with Crippen molar-refractivity contribution < 1.29 is 19.4 Å². The molecule has 1 saturated heterocycles. The number of nitrogens with two attached hydrogens (primary N) is 1. The topological polar surface area (TPSA) is 117 Å². The predicted molar refractivity (Wildman–Crippen MR) is 127 cm³/mol. The number of carbonyl (C=O) groups is 2. The van der Waals surface area contributed by atoms with Gasteiger partial charge in [-0.2, -0.15) is 0 Å². The monoisotopic (exact) mass is 445 g/mol. The van der Waals surface area contributed by atoms with Gasteiger partial charge in [-0.15, -0.1) is 0 Å². The molecule has 1 heterocycles. The van der Waals surface area contributed by atoms with Crippen LogP contribution in [0.25, 0.3) is 10.8 Å². The van der Waals surface area contributed by atoms with E-state index in [1.165, 1.54) is 0 Å². The van der Waals surface area contributed by atoms with Gasteiger partial charge in [-0.3, -0.25) is 15.0 Å². The smallest absolute Gasteiger partial charge is 0.311 e. The molecule has 1 aliphatic rings. The van der Waals surface area contributed by atoms with Crippen LogP contribution in [-0.2, 0) is 16.0 Å². The summed E-state index contributed by atoms with van der Waals surface area (Å²) in [6, 6.07) is 18.6. The van der Waals surface area contributed by atoms with Crippen LogP contribution in [0.2, 0.25) is 0 Å². The number of carbonyl (C=O) groups excluding carboxylic acids is 1. The van der Waals surface area contributed by atoms with Gasteiger partial charge in [0, 0.05) is 25.5 Å². The van der Waals surface area contributed by atoms with Crippen LogP contribution in [-0.4, -0.2) is 46.9 Å². The van der Waals surface area contributed by atoms with Crippen LogP contribution in [0.1, 0.15) is 36.0 Å². The molecule has 2 unspecified atom stereocenters. The summed E-state index contributed by atoms with van der Waals surface area (Å²) >= 11 is 0. The van der Waals surface area contributed by atoms with E-state index in [1.54, 1.807) is 42.2 Å². The molecule has 0 radical (unpaired) electrons. The molecule has 7 nitrogen and oxygen atoms in total. The number of carboxylic acids is 1. The molecule has 1 aliphatic heterocycles. The number of nitrogen functional groups attached to an aromatic ring is 1. The molecule has 2 atom stereocenters. The van der Waals surface area contributed by atoms with E-state index in [2.05, 4.69) is 0 Å². The number of amides is 1. The highest BCUT2D eigenvalue weighted by atomic mass is 16.5. The number of benzene rings is 3. The van der Waals surface area contributed by atoms with Crippen molar-refractivity contribution in [2.75, 3.05) is 13.1 Å². The maximum absolute atomic E-state index is 12.1. The molecule has 170 valence electrons. The first-order valence-corrected chi connectivity index (χ1v) is 10.9. The average molecular weight is 446 g/mol. The van der Waals surface area contributed by atoms with Crippen LogP contribution in [0.3, 0.4) is 0 Å². The van der Waals surface area contributed by atoms with Gasteiger partial charge in [-0.25, -0.2) is 0 Å². The van der Waals surface area contributed by atoms with E-state index in [-0.39, 0.29) is 17.8 Å². The fourth-order valence-corrected chi connectivity index (χ4v) is 4.26. The third-order valence-corrected chi connectivity index (χ3v) is 6.13. The lowest BCUT2D eigenvalue weighted by Crippen LogP contribution is -2.28. The number of aliphatic carboxylic acids is 1. The van der Waals surface area contributed by atoms with Gasteiger partial charge in [0.1, 0.15) is 17.7 Å².